The molecule has 0 aliphatic carbocycles. The van der Waals surface area contributed by atoms with E-state index in [1.165, 1.54) is 12.1 Å². The Balaban J connectivity index is 3.00. The van der Waals surface area contributed by atoms with Gasteiger partial charge in [-0.25, -0.2) is 4.39 Å². The van der Waals surface area contributed by atoms with Gasteiger partial charge in [-0.3, -0.25) is 4.79 Å². The van der Waals surface area contributed by atoms with Crippen molar-refractivity contribution in [2.45, 2.75) is 45.4 Å². The highest BCUT2D eigenvalue weighted by atomic mass is 35.5. The van der Waals surface area contributed by atoms with Crippen molar-refractivity contribution >= 4 is 17.4 Å². The number of hydrogen-bond donors (Lipinski definition) is 0. The maximum Gasteiger partial charge on any atom is 0.157 e. The number of carbonyl (C=O) groups is 1. The fraction of sp³-hybridized carbons (Fsp3) is 0.500. The fourth-order valence-electron chi connectivity index (χ4n) is 2.26. The molecule has 20 heavy (non-hydrogen) atoms. The van der Waals surface area contributed by atoms with Crippen LogP contribution in [0.5, 0.6) is 0 Å². The van der Waals surface area contributed by atoms with E-state index < -0.39 is 11.7 Å². The minimum atomic E-state index is -0.912. The van der Waals surface area contributed by atoms with Crippen LogP contribution in [-0.2, 0) is 4.79 Å². The first-order valence-corrected chi connectivity index (χ1v) is 7.31. The van der Waals surface area contributed by atoms with Gasteiger partial charge in [0.25, 0.3) is 0 Å². The average molecular weight is 296 g/mol. The van der Waals surface area contributed by atoms with E-state index in [2.05, 4.69) is 6.92 Å². The number of Topliss-reactive ketones (excluding diaryl/α,β-unsaturated/α-hetero) is 1. The number of nitriles is 1. The van der Waals surface area contributed by atoms with Gasteiger partial charge in [-0.2, -0.15) is 5.26 Å². The lowest BCUT2D eigenvalue weighted by atomic mass is 9.84. The van der Waals surface area contributed by atoms with Gasteiger partial charge >= 0.3 is 0 Å². The van der Waals surface area contributed by atoms with E-state index >= 15 is 0 Å². The minimum Gasteiger partial charge on any atom is -0.298 e. The molecule has 2 atom stereocenters. The molecule has 0 heterocycles. The third-order valence-electron chi connectivity index (χ3n) is 3.49. The molecule has 1 aromatic rings. The van der Waals surface area contributed by atoms with Crippen molar-refractivity contribution in [3.8, 4) is 6.07 Å². The van der Waals surface area contributed by atoms with Gasteiger partial charge in [0.1, 0.15) is 11.7 Å². The Morgan fingerprint density at radius 3 is 2.65 bits per heavy atom. The van der Waals surface area contributed by atoms with Crippen molar-refractivity contribution < 1.29 is 9.18 Å². The Morgan fingerprint density at radius 2 is 2.15 bits per heavy atom. The van der Waals surface area contributed by atoms with Crippen LogP contribution in [0.15, 0.2) is 18.2 Å². The second kappa shape index (κ2) is 8.01. The van der Waals surface area contributed by atoms with Crippen molar-refractivity contribution in [2.75, 3.05) is 0 Å². The van der Waals surface area contributed by atoms with E-state index in [1.807, 2.05) is 13.0 Å². The first-order valence-electron chi connectivity index (χ1n) is 6.93. The number of halogens is 2. The molecule has 0 amide bonds. The number of rotatable bonds is 7. The fourth-order valence-corrected chi connectivity index (χ4v) is 2.53. The molecule has 1 rings (SSSR count). The lowest BCUT2D eigenvalue weighted by Crippen LogP contribution is -2.21. The molecule has 0 aliphatic heterocycles. The Morgan fingerprint density at radius 1 is 1.45 bits per heavy atom. The van der Waals surface area contributed by atoms with Crippen LogP contribution in [-0.4, -0.2) is 5.78 Å². The number of nitrogens with zero attached hydrogens (tertiary/aromatic N) is 1. The molecule has 0 saturated heterocycles. The van der Waals surface area contributed by atoms with E-state index in [0.29, 0.717) is 12.0 Å². The van der Waals surface area contributed by atoms with Crippen molar-refractivity contribution in [3.05, 3.63) is 34.6 Å². The average Bonchev–Trinajstić information content (AvgIpc) is 2.42. The number of hydrogen-bond acceptors (Lipinski definition) is 2. The summed E-state index contributed by atoms with van der Waals surface area (Å²) in [4.78, 5) is 12.5. The Hall–Kier alpha value is -1.40. The number of unbranched alkanes of at least 4 members (excludes halogenated alkanes) is 1. The zero-order valence-electron chi connectivity index (χ0n) is 11.8. The topological polar surface area (TPSA) is 40.9 Å². The van der Waals surface area contributed by atoms with Crippen molar-refractivity contribution in [1.29, 1.82) is 5.26 Å². The summed E-state index contributed by atoms with van der Waals surface area (Å²) in [6.45, 7) is 4.01. The molecule has 1 aromatic carbocycles. The van der Waals surface area contributed by atoms with E-state index in [4.69, 9.17) is 11.6 Å². The third-order valence-corrected chi connectivity index (χ3v) is 3.82. The van der Waals surface area contributed by atoms with Gasteiger partial charge in [0.05, 0.1) is 6.07 Å². The van der Waals surface area contributed by atoms with E-state index in [-0.39, 0.29) is 16.7 Å². The molecule has 0 fully saturated rings. The highest BCUT2D eigenvalue weighted by Gasteiger charge is 2.28. The first-order chi connectivity index (χ1) is 9.54. The van der Waals surface area contributed by atoms with Gasteiger partial charge in [-0.15, -0.1) is 0 Å². The molecule has 0 aromatic heterocycles. The van der Waals surface area contributed by atoms with Gasteiger partial charge in [-0.05, 0) is 30.5 Å². The van der Waals surface area contributed by atoms with E-state index in [0.717, 1.165) is 25.3 Å². The van der Waals surface area contributed by atoms with Crippen LogP contribution in [0.2, 0.25) is 5.02 Å². The largest absolute Gasteiger partial charge is 0.298 e. The molecule has 0 aliphatic rings. The van der Waals surface area contributed by atoms with Crippen LogP contribution in [0.4, 0.5) is 4.39 Å². The molecule has 0 saturated carbocycles. The molecule has 108 valence electrons. The molecular weight excluding hydrogens is 277 g/mol. The van der Waals surface area contributed by atoms with Gasteiger partial charge < -0.3 is 0 Å². The van der Waals surface area contributed by atoms with Gasteiger partial charge in [0, 0.05) is 10.9 Å². The van der Waals surface area contributed by atoms with Crippen molar-refractivity contribution in [1.82, 2.24) is 0 Å². The summed E-state index contributed by atoms with van der Waals surface area (Å²) in [7, 11) is 0. The summed E-state index contributed by atoms with van der Waals surface area (Å²) in [6, 6.07) is 5.81. The lowest BCUT2D eigenvalue weighted by Gasteiger charge is -2.18. The number of carbonyl (C=O) groups excluding carboxylic acids is 1. The predicted octanol–water partition coefficient (Wildman–Crippen LogP) is 4.87. The van der Waals surface area contributed by atoms with Crippen LogP contribution in [0.1, 0.15) is 51.0 Å². The molecule has 0 N–H and O–H groups in total. The Kier molecular flexibility index (Phi) is 6.67. The zero-order valence-corrected chi connectivity index (χ0v) is 12.6. The normalized spacial score (nSPS) is 13.6. The standard InChI is InChI=1S/C16H19ClFNO/c1-3-5-6-11(4-2)16(20)14(10-19)13-8-7-12(18)9-15(13)17/h7-9,11,14H,3-6H2,1-2H3. The van der Waals surface area contributed by atoms with Crippen LogP contribution in [0.3, 0.4) is 0 Å². The van der Waals surface area contributed by atoms with Crippen LogP contribution in [0, 0.1) is 23.1 Å². The zero-order chi connectivity index (χ0) is 15.1. The molecule has 2 unspecified atom stereocenters. The summed E-state index contributed by atoms with van der Waals surface area (Å²) in [5, 5.41) is 9.42. The third kappa shape index (κ3) is 4.05. The van der Waals surface area contributed by atoms with Gasteiger partial charge in [0.2, 0.25) is 0 Å². The predicted molar refractivity (Wildman–Crippen MR) is 78.1 cm³/mol. The first kappa shape index (κ1) is 16.7. The summed E-state index contributed by atoms with van der Waals surface area (Å²) < 4.78 is 13.1. The van der Waals surface area contributed by atoms with Crippen LogP contribution >= 0.6 is 11.6 Å². The summed E-state index contributed by atoms with van der Waals surface area (Å²) in [5.41, 5.74) is 0.399. The summed E-state index contributed by atoms with van der Waals surface area (Å²) in [6.07, 6.45) is 3.45. The second-order valence-corrected chi connectivity index (χ2v) is 5.28. The van der Waals surface area contributed by atoms with Crippen molar-refractivity contribution in [3.63, 3.8) is 0 Å². The maximum atomic E-state index is 13.1. The quantitative estimate of drug-likeness (QED) is 0.720. The number of benzene rings is 1. The molecular formula is C16H19ClFNO. The van der Waals surface area contributed by atoms with Crippen molar-refractivity contribution in [2.24, 2.45) is 5.92 Å². The SMILES string of the molecule is CCCCC(CC)C(=O)C(C#N)c1ccc(F)cc1Cl. The Bertz CT molecular complexity index is 510. The molecule has 2 nitrogen and oxygen atoms in total. The molecule has 0 bridgehead atoms. The van der Waals surface area contributed by atoms with Crippen LogP contribution < -0.4 is 0 Å². The molecule has 0 spiro atoms. The summed E-state index contributed by atoms with van der Waals surface area (Å²) in [5.74, 6) is -1.64. The highest BCUT2D eigenvalue weighted by molar-refractivity contribution is 6.31. The molecule has 4 heteroatoms. The monoisotopic (exact) mass is 295 g/mol. The Labute approximate surface area is 124 Å². The number of ketones is 1. The second-order valence-electron chi connectivity index (χ2n) is 4.88. The minimum absolute atomic E-state index is 0.114. The lowest BCUT2D eigenvalue weighted by molar-refractivity contribution is -0.123. The highest BCUT2D eigenvalue weighted by Crippen LogP contribution is 2.30. The van der Waals surface area contributed by atoms with Gasteiger partial charge in [-0.1, -0.05) is 44.4 Å². The smallest absolute Gasteiger partial charge is 0.157 e. The van der Waals surface area contributed by atoms with E-state index in [1.54, 1.807) is 0 Å². The van der Waals surface area contributed by atoms with Gasteiger partial charge in [0.15, 0.2) is 5.78 Å². The maximum absolute atomic E-state index is 13.1. The summed E-state index contributed by atoms with van der Waals surface area (Å²) >= 11 is 5.96. The molecule has 0 radical (unpaired) electrons. The van der Waals surface area contributed by atoms with Crippen LogP contribution in [0.25, 0.3) is 0 Å². The van der Waals surface area contributed by atoms with E-state index in [9.17, 15) is 14.4 Å².